The highest BCUT2D eigenvalue weighted by Crippen LogP contribution is 2.28. The van der Waals surface area contributed by atoms with Gasteiger partial charge in [-0.05, 0) is 44.9 Å². The van der Waals surface area contributed by atoms with Crippen LogP contribution in [0.1, 0.15) is 71.1 Å². The van der Waals surface area contributed by atoms with E-state index in [2.05, 4.69) is 12.2 Å². The Hall–Kier alpha value is -0.0900. The third-order valence-corrected chi connectivity index (χ3v) is 6.98. The third-order valence-electron chi connectivity index (χ3n) is 5.34. The van der Waals surface area contributed by atoms with Gasteiger partial charge in [0.15, 0.2) is 0 Å². The molecule has 0 heterocycles. The first-order valence-electron chi connectivity index (χ1n) is 8.41. The molecule has 0 radical (unpaired) electrons. The Morgan fingerprint density at radius 3 is 2.20 bits per heavy atom. The molecule has 0 aromatic rings. The zero-order valence-electron chi connectivity index (χ0n) is 13.1. The average Bonchev–Trinajstić information content (AvgIpc) is 2.67. The van der Waals surface area contributed by atoms with Crippen molar-refractivity contribution in [3.05, 3.63) is 0 Å². The van der Waals surface area contributed by atoms with Crippen LogP contribution in [-0.2, 0) is 9.84 Å². The van der Waals surface area contributed by atoms with E-state index in [1.807, 2.05) is 0 Å². The molecule has 4 heteroatoms. The van der Waals surface area contributed by atoms with E-state index in [1.54, 1.807) is 0 Å². The molecule has 0 aromatic carbocycles. The van der Waals surface area contributed by atoms with Crippen molar-refractivity contribution in [2.24, 2.45) is 5.92 Å². The van der Waals surface area contributed by atoms with E-state index >= 15 is 0 Å². The summed E-state index contributed by atoms with van der Waals surface area (Å²) >= 11 is 0. The first-order valence-corrected chi connectivity index (χ1v) is 10.4. The Morgan fingerprint density at radius 2 is 1.60 bits per heavy atom. The highest BCUT2D eigenvalue weighted by Gasteiger charge is 2.30. The number of hydrogen-bond donors (Lipinski definition) is 1. The minimum absolute atomic E-state index is 0.116. The van der Waals surface area contributed by atoms with E-state index in [0.29, 0.717) is 12.1 Å². The van der Waals surface area contributed by atoms with Crippen LogP contribution >= 0.6 is 0 Å². The minimum Gasteiger partial charge on any atom is -0.311 e. The molecule has 2 aliphatic carbocycles. The van der Waals surface area contributed by atoms with Gasteiger partial charge in [0.25, 0.3) is 0 Å². The number of hydrogen-bond acceptors (Lipinski definition) is 3. The maximum Gasteiger partial charge on any atom is 0.150 e. The molecule has 20 heavy (non-hydrogen) atoms. The lowest BCUT2D eigenvalue weighted by Gasteiger charge is -2.33. The maximum absolute atomic E-state index is 11.7. The van der Waals surface area contributed by atoms with Crippen molar-refractivity contribution in [1.82, 2.24) is 5.32 Å². The molecule has 2 rings (SSSR count). The zero-order chi connectivity index (χ0) is 14.6. The topological polar surface area (TPSA) is 46.2 Å². The van der Waals surface area contributed by atoms with Crippen molar-refractivity contribution in [3.63, 3.8) is 0 Å². The first kappa shape index (κ1) is 16.3. The van der Waals surface area contributed by atoms with Gasteiger partial charge < -0.3 is 5.32 Å². The monoisotopic (exact) mass is 301 g/mol. The Labute approximate surface area is 124 Å². The highest BCUT2D eigenvalue weighted by atomic mass is 32.2. The molecule has 2 unspecified atom stereocenters. The molecule has 0 bridgehead atoms. The molecule has 118 valence electrons. The molecule has 0 spiro atoms. The summed E-state index contributed by atoms with van der Waals surface area (Å²) in [7, 11) is -2.87. The second-order valence-corrected chi connectivity index (χ2v) is 9.35. The van der Waals surface area contributed by atoms with Gasteiger partial charge in [0.2, 0.25) is 0 Å². The van der Waals surface area contributed by atoms with E-state index in [4.69, 9.17) is 0 Å². The summed E-state index contributed by atoms with van der Waals surface area (Å²) in [6, 6.07) is 0.943. The highest BCUT2D eigenvalue weighted by molar-refractivity contribution is 7.91. The van der Waals surface area contributed by atoms with Gasteiger partial charge in [0.1, 0.15) is 9.84 Å². The van der Waals surface area contributed by atoms with Crippen LogP contribution in [-0.4, -0.2) is 32.0 Å². The van der Waals surface area contributed by atoms with Crippen LogP contribution in [0.5, 0.6) is 0 Å². The predicted octanol–water partition coefficient (Wildman–Crippen LogP) is 3.29. The fraction of sp³-hybridized carbons (Fsp3) is 1.00. The quantitative estimate of drug-likeness (QED) is 0.811. The molecule has 0 aliphatic heterocycles. The minimum atomic E-state index is -2.87. The summed E-state index contributed by atoms with van der Waals surface area (Å²) in [4.78, 5) is 0. The molecule has 0 aromatic heterocycles. The van der Waals surface area contributed by atoms with Crippen LogP contribution in [0.2, 0.25) is 0 Å². The van der Waals surface area contributed by atoms with Crippen LogP contribution in [0.4, 0.5) is 0 Å². The Kier molecular flexibility index (Phi) is 5.91. The van der Waals surface area contributed by atoms with E-state index in [0.717, 1.165) is 31.6 Å². The first-order chi connectivity index (χ1) is 9.47. The smallest absolute Gasteiger partial charge is 0.150 e. The van der Waals surface area contributed by atoms with Crippen molar-refractivity contribution in [2.75, 3.05) is 6.26 Å². The molecular weight excluding hydrogens is 270 g/mol. The number of nitrogens with one attached hydrogen (secondary N) is 1. The normalized spacial score (nSPS) is 31.7. The van der Waals surface area contributed by atoms with Crippen LogP contribution < -0.4 is 5.32 Å². The second-order valence-electron chi connectivity index (χ2n) is 7.02. The van der Waals surface area contributed by atoms with Crippen LogP contribution in [0.25, 0.3) is 0 Å². The summed E-state index contributed by atoms with van der Waals surface area (Å²) in [6.07, 6.45) is 13.5. The van der Waals surface area contributed by atoms with Crippen molar-refractivity contribution in [2.45, 2.75) is 88.5 Å². The van der Waals surface area contributed by atoms with Crippen molar-refractivity contribution in [1.29, 1.82) is 0 Å². The lowest BCUT2D eigenvalue weighted by Crippen LogP contribution is -2.45. The largest absolute Gasteiger partial charge is 0.311 e. The summed E-state index contributed by atoms with van der Waals surface area (Å²) in [6.45, 7) is 2.31. The van der Waals surface area contributed by atoms with Gasteiger partial charge in [0, 0.05) is 18.3 Å². The van der Waals surface area contributed by atoms with Gasteiger partial charge in [-0.2, -0.15) is 0 Å². The van der Waals surface area contributed by atoms with Crippen LogP contribution in [0.15, 0.2) is 0 Å². The molecule has 3 nitrogen and oxygen atoms in total. The number of sulfone groups is 1. The Balaban J connectivity index is 1.85. The molecule has 0 amide bonds. The third kappa shape index (κ3) is 4.73. The lowest BCUT2D eigenvalue weighted by atomic mass is 9.89. The van der Waals surface area contributed by atoms with Crippen molar-refractivity contribution in [3.8, 4) is 0 Å². The molecule has 2 saturated carbocycles. The Morgan fingerprint density at radius 1 is 0.950 bits per heavy atom. The second kappa shape index (κ2) is 7.26. The van der Waals surface area contributed by atoms with Gasteiger partial charge in [-0.3, -0.25) is 0 Å². The van der Waals surface area contributed by atoms with Crippen LogP contribution in [0, 0.1) is 5.92 Å². The summed E-state index contributed by atoms with van der Waals surface area (Å²) in [5.74, 6) is 0.788. The molecule has 2 aliphatic rings. The van der Waals surface area contributed by atoms with Crippen molar-refractivity contribution < 1.29 is 8.42 Å². The zero-order valence-corrected chi connectivity index (χ0v) is 13.9. The van der Waals surface area contributed by atoms with Gasteiger partial charge >= 0.3 is 0 Å². The number of rotatable bonds is 4. The van der Waals surface area contributed by atoms with Gasteiger partial charge in [-0.15, -0.1) is 0 Å². The fourth-order valence-corrected chi connectivity index (χ4v) is 5.18. The van der Waals surface area contributed by atoms with Gasteiger partial charge in [-0.25, -0.2) is 8.42 Å². The molecule has 2 fully saturated rings. The molecule has 0 saturated heterocycles. The molecule has 3 atom stereocenters. The summed E-state index contributed by atoms with van der Waals surface area (Å²) in [5.41, 5.74) is 0. The van der Waals surface area contributed by atoms with Gasteiger partial charge in [-0.1, -0.05) is 32.1 Å². The standard InChI is InChI=1S/C16H31NO2S/c1-13(14-8-5-3-4-6-9-14)17-15-10-7-11-16(12-15)20(2,18)19/h13-17H,3-12H2,1-2H3/t13-,15?,16?/m1/s1. The predicted molar refractivity (Wildman–Crippen MR) is 84.7 cm³/mol. The summed E-state index contributed by atoms with van der Waals surface area (Å²) in [5, 5.41) is 3.64. The Bertz CT molecular complexity index is 385. The average molecular weight is 301 g/mol. The molecular formula is C16H31NO2S. The fourth-order valence-electron chi connectivity index (χ4n) is 4.00. The maximum atomic E-state index is 11.7. The van der Waals surface area contributed by atoms with Crippen LogP contribution in [0.3, 0.4) is 0 Å². The lowest BCUT2D eigenvalue weighted by molar-refractivity contribution is 0.274. The molecule has 1 N–H and O–H groups in total. The van der Waals surface area contributed by atoms with E-state index < -0.39 is 9.84 Å². The van der Waals surface area contributed by atoms with E-state index in [-0.39, 0.29) is 5.25 Å². The SMILES string of the molecule is C[C@@H](NC1CCCC(S(C)(=O)=O)C1)C1CCCCCC1. The summed E-state index contributed by atoms with van der Waals surface area (Å²) < 4.78 is 23.5. The van der Waals surface area contributed by atoms with Gasteiger partial charge in [0.05, 0.1) is 5.25 Å². The van der Waals surface area contributed by atoms with Crippen molar-refractivity contribution >= 4 is 9.84 Å². The van der Waals surface area contributed by atoms with E-state index in [1.165, 1.54) is 44.8 Å². The van der Waals surface area contributed by atoms with E-state index in [9.17, 15) is 8.42 Å².